The van der Waals surface area contributed by atoms with Crippen LogP contribution in [0.3, 0.4) is 0 Å². The summed E-state index contributed by atoms with van der Waals surface area (Å²) in [6.45, 7) is 2.53. The summed E-state index contributed by atoms with van der Waals surface area (Å²) in [5, 5.41) is 8.52. The van der Waals surface area contributed by atoms with E-state index in [-0.39, 0.29) is 17.3 Å². The number of carboxylic acid groups (broad SMARTS) is 1. The van der Waals surface area contributed by atoms with Crippen LogP contribution in [0.4, 0.5) is 14.5 Å². The number of benzene rings is 1. The van der Waals surface area contributed by atoms with Crippen molar-refractivity contribution in [1.82, 2.24) is 0 Å². The van der Waals surface area contributed by atoms with E-state index in [1.165, 1.54) is 6.08 Å². The number of carboxylic acids is 1. The average molecular weight is 299 g/mol. The quantitative estimate of drug-likeness (QED) is 0.871. The first-order valence-corrected chi connectivity index (χ1v) is 7.39. The summed E-state index contributed by atoms with van der Waals surface area (Å²) in [4.78, 5) is 12.1. The first-order chi connectivity index (χ1) is 9.49. The Morgan fingerprint density at radius 2 is 2.10 bits per heavy atom. The zero-order valence-corrected chi connectivity index (χ0v) is 11.8. The van der Waals surface area contributed by atoms with E-state index < -0.39 is 17.6 Å². The van der Waals surface area contributed by atoms with Gasteiger partial charge in [0.05, 0.1) is 0 Å². The summed E-state index contributed by atoms with van der Waals surface area (Å²) >= 11 is 1.76. The number of aliphatic carboxylic acids is 1. The van der Waals surface area contributed by atoms with Gasteiger partial charge in [-0.3, -0.25) is 0 Å². The second-order valence-corrected chi connectivity index (χ2v) is 5.77. The molecule has 0 amide bonds. The van der Waals surface area contributed by atoms with Crippen molar-refractivity contribution in [3.63, 3.8) is 0 Å². The highest BCUT2D eigenvalue weighted by atomic mass is 32.2. The molecule has 0 spiro atoms. The lowest BCUT2D eigenvalue weighted by molar-refractivity contribution is -0.131. The first kappa shape index (κ1) is 14.8. The van der Waals surface area contributed by atoms with E-state index in [1.54, 1.807) is 16.7 Å². The summed E-state index contributed by atoms with van der Waals surface area (Å²) in [6.07, 6.45) is 2.03. The van der Waals surface area contributed by atoms with Crippen molar-refractivity contribution in [2.45, 2.75) is 13.0 Å². The van der Waals surface area contributed by atoms with E-state index in [1.807, 2.05) is 6.92 Å². The Morgan fingerprint density at radius 1 is 1.45 bits per heavy atom. The Balaban J connectivity index is 2.33. The molecule has 108 valence electrons. The van der Waals surface area contributed by atoms with Crippen LogP contribution >= 0.6 is 11.8 Å². The molecule has 1 aliphatic heterocycles. The molecule has 20 heavy (non-hydrogen) atoms. The number of thioether (sulfide) groups is 1. The molecule has 3 nitrogen and oxygen atoms in total. The third-order valence-electron chi connectivity index (χ3n) is 3.11. The van der Waals surface area contributed by atoms with Gasteiger partial charge in [0.1, 0.15) is 17.3 Å². The van der Waals surface area contributed by atoms with Crippen LogP contribution < -0.4 is 4.90 Å². The van der Waals surface area contributed by atoms with Crippen LogP contribution in [0.15, 0.2) is 18.2 Å². The van der Waals surface area contributed by atoms with Gasteiger partial charge in [-0.05, 0) is 30.7 Å². The van der Waals surface area contributed by atoms with Crippen LogP contribution in [0, 0.1) is 11.6 Å². The van der Waals surface area contributed by atoms with Gasteiger partial charge in [-0.2, -0.15) is 11.8 Å². The fraction of sp³-hybridized carbons (Fsp3) is 0.357. The lowest BCUT2D eigenvalue weighted by Gasteiger charge is -2.35. The van der Waals surface area contributed by atoms with E-state index >= 15 is 0 Å². The van der Waals surface area contributed by atoms with Crippen molar-refractivity contribution in [1.29, 1.82) is 0 Å². The maximum absolute atomic E-state index is 14.1. The monoisotopic (exact) mass is 299 g/mol. The van der Waals surface area contributed by atoms with Crippen LogP contribution in [0.1, 0.15) is 12.5 Å². The third kappa shape index (κ3) is 3.30. The largest absolute Gasteiger partial charge is 0.478 e. The van der Waals surface area contributed by atoms with Crippen LogP contribution in [-0.2, 0) is 4.79 Å². The molecule has 0 saturated carbocycles. The number of nitrogens with zero attached hydrogens (tertiary/aromatic N) is 1. The lowest BCUT2D eigenvalue weighted by Crippen LogP contribution is -2.41. The van der Waals surface area contributed by atoms with E-state index in [4.69, 9.17) is 5.11 Å². The zero-order valence-electron chi connectivity index (χ0n) is 11.0. The van der Waals surface area contributed by atoms with Gasteiger partial charge >= 0.3 is 5.97 Å². The summed E-state index contributed by atoms with van der Waals surface area (Å²) < 4.78 is 28.2. The standard InChI is InChI=1S/C14H15F2NO2S/c1-9-8-20-5-4-17(9)14-11(15)6-10(7-12(14)16)2-3-13(18)19/h2-3,6-7,9H,4-5,8H2,1H3,(H,18,19). The molecular weight excluding hydrogens is 284 g/mol. The maximum Gasteiger partial charge on any atom is 0.328 e. The van der Waals surface area contributed by atoms with Crippen LogP contribution in [-0.4, -0.2) is 35.2 Å². The second kappa shape index (κ2) is 6.26. The topological polar surface area (TPSA) is 40.5 Å². The van der Waals surface area contributed by atoms with Crippen molar-refractivity contribution in [3.8, 4) is 0 Å². The molecule has 1 fully saturated rings. The minimum Gasteiger partial charge on any atom is -0.478 e. The number of hydrogen-bond donors (Lipinski definition) is 1. The van der Waals surface area contributed by atoms with Crippen LogP contribution in [0.2, 0.25) is 0 Å². The maximum atomic E-state index is 14.1. The third-order valence-corrected chi connectivity index (χ3v) is 4.30. The lowest BCUT2D eigenvalue weighted by atomic mass is 10.1. The molecular formula is C14H15F2NO2S. The summed E-state index contributed by atoms with van der Waals surface area (Å²) in [5.41, 5.74) is 0.176. The summed E-state index contributed by atoms with van der Waals surface area (Å²) in [6, 6.07) is 2.39. The van der Waals surface area contributed by atoms with Crippen molar-refractivity contribution >= 4 is 29.5 Å². The van der Waals surface area contributed by atoms with Crippen molar-refractivity contribution in [2.24, 2.45) is 0 Å². The fourth-order valence-corrected chi connectivity index (χ4v) is 3.20. The number of rotatable bonds is 3. The highest BCUT2D eigenvalue weighted by Gasteiger charge is 2.24. The van der Waals surface area contributed by atoms with E-state index in [9.17, 15) is 13.6 Å². The Bertz CT molecular complexity index is 525. The van der Waals surface area contributed by atoms with Gasteiger partial charge < -0.3 is 10.0 Å². The Labute approximate surface area is 120 Å². The predicted octanol–water partition coefficient (Wildman–Crippen LogP) is 3.00. The molecule has 0 bridgehead atoms. The smallest absolute Gasteiger partial charge is 0.328 e. The second-order valence-electron chi connectivity index (χ2n) is 4.62. The highest BCUT2D eigenvalue weighted by Crippen LogP contribution is 2.30. The van der Waals surface area contributed by atoms with Crippen molar-refractivity contribution in [2.75, 3.05) is 23.0 Å². The van der Waals surface area contributed by atoms with Gasteiger partial charge in [-0.15, -0.1) is 0 Å². The van der Waals surface area contributed by atoms with Crippen molar-refractivity contribution < 1.29 is 18.7 Å². The van der Waals surface area contributed by atoms with Crippen LogP contribution in [0.25, 0.3) is 6.08 Å². The van der Waals surface area contributed by atoms with Gasteiger partial charge in [0.25, 0.3) is 0 Å². The molecule has 1 atom stereocenters. The molecule has 1 aromatic carbocycles. The Kier molecular flexibility index (Phi) is 4.65. The van der Waals surface area contributed by atoms with Gasteiger partial charge in [-0.25, -0.2) is 13.6 Å². The minimum atomic E-state index is -1.16. The molecule has 6 heteroatoms. The van der Waals surface area contributed by atoms with Gasteiger partial charge in [-0.1, -0.05) is 0 Å². The van der Waals surface area contributed by atoms with E-state index in [0.717, 1.165) is 29.7 Å². The van der Waals surface area contributed by atoms with Crippen LogP contribution in [0.5, 0.6) is 0 Å². The molecule has 1 aliphatic rings. The normalized spacial score (nSPS) is 19.6. The SMILES string of the molecule is CC1CSCCN1c1c(F)cc(C=CC(=O)O)cc1F. The van der Waals surface area contributed by atoms with Crippen molar-refractivity contribution in [3.05, 3.63) is 35.4 Å². The predicted molar refractivity (Wildman–Crippen MR) is 77.2 cm³/mol. The molecule has 1 aromatic rings. The minimum absolute atomic E-state index is 0.0229. The fourth-order valence-electron chi connectivity index (χ4n) is 2.18. The summed E-state index contributed by atoms with van der Waals surface area (Å²) in [7, 11) is 0. The molecule has 0 aromatic heterocycles. The summed E-state index contributed by atoms with van der Waals surface area (Å²) in [5.74, 6) is -0.803. The molecule has 1 N–H and O–H groups in total. The number of hydrogen-bond acceptors (Lipinski definition) is 3. The first-order valence-electron chi connectivity index (χ1n) is 6.23. The molecule has 1 saturated heterocycles. The molecule has 1 unspecified atom stereocenters. The number of carbonyl (C=O) groups is 1. The van der Waals surface area contributed by atoms with Gasteiger partial charge in [0.15, 0.2) is 0 Å². The molecule has 0 aliphatic carbocycles. The molecule has 1 heterocycles. The average Bonchev–Trinajstić information content (AvgIpc) is 2.38. The number of halogens is 2. The number of anilines is 1. The van der Waals surface area contributed by atoms with Gasteiger partial charge in [0.2, 0.25) is 0 Å². The molecule has 2 rings (SSSR count). The van der Waals surface area contributed by atoms with E-state index in [2.05, 4.69) is 0 Å². The Hall–Kier alpha value is -1.56. The Morgan fingerprint density at radius 3 is 2.65 bits per heavy atom. The van der Waals surface area contributed by atoms with Gasteiger partial charge in [0, 0.05) is 30.2 Å². The zero-order chi connectivity index (χ0) is 14.7. The highest BCUT2D eigenvalue weighted by molar-refractivity contribution is 7.99. The molecule has 0 radical (unpaired) electrons. The van der Waals surface area contributed by atoms with E-state index in [0.29, 0.717) is 6.54 Å².